The molecule has 2 aromatic heterocycles. The molecule has 2 heterocycles. The molecule has 0 aliphatic carbocycles. The van der Waals surface area contributed by atoms with Crippen molar-refractivity contribution < 1.29 is 5.11 Å². The molecule has 0 aliphatic rings. The molecule has 21 heavy (non-hydrogen) atoms. The van der Waals surface area contributed by atoms with Crippen molar-refractivity contribution in [2.75, 3.05) is 5.73 Å². The van der Waals surface area contributed by atoms with Crippen LogP contribution in [0.4, 0.5) is 5.69 Å². The van der Waals surface area contributed by atoms with E-state index in [4.69, 9.17) is 5.73 Å². The average molecular weight is 279 g/mol. The summed E-state index contributed by atoms with van der Waals surface area (Å²) in [5.74, 6) is 0. The summed E-state index contributed by atoms with van der Waals surface area (Å²) in [4.78, 5) is 8.60. The molecule has 4 nitrogen and oxygen atoms in total. The first-order valence-corrected chi connectivity index (χ1v) is 6.88. The van der Waals surface area contributed by atoms with Crippen LogP contribution < -0.4 is 5.73 Å². The van der Waals surface area contributed by atoms with Crippen LogP contribution in [0.2, 0.25) is 0 Å². The van der Waals surface area contributed by atoms with Gasteiger partial charge in [-0.2, -0.15) is 0 Å². The van der Waals surface area contributed by atoms with E-state index < -0.39 is 6.10 Å². The molecule has 1 unspecified atom stereocenters. The number of para-hydroxylation sites is 1. The Morgan fingerprint density at radius 3 is 2.86 bits per heavy atom. The lowest BCUT2D eigenvalue weighted by atomic mass is 10.0. The Morgan fingerprint density at radius 1 is 1.24 bits per heavy atom. The standard InChI is InChI=1S/C17H17N3O/c1-11-8-16(20-15-5-3-2-4-13(11)15)17(21)9-12-10-19-7-6-14(12)18/h2-8,10,17,21H,9H2,1H3,(H2,18,19). The molecular weight excluding hydrogens is 262 g/mol. The Labute approximate surface area is 123 Å². The number of aliphatic hydroxyl groups is 1. The van der Waals surface area contributed by atoms with Crippen molar-refractivity contribution in [3.63, 3.8) is 0 Å². The van der Waals surface area contributed by atoms with Crippen molar-refractivity contribution in [2.45, 2.75) is 19.4 Å². The van der Waals surface area contributed by atoms with E-state index in [0.29, 0.717) is 17.8 Å². The van der Waals surface area contributed by atoms with Crippen molar-refractivity contribution in [1.29, 1.82) is 0 Å². The Hall–Kier alpha value is -2.46. The lowest BCUT2D eigenvalue weighted by molar-refractivity contribution is 0.174. The first-order chi connectivity index (χ1) is 10.1. The zero-order valence-corrected chi connectivity index (χ0v) is 11.8. The predicted molar refractivity (Wildman–Crippen MR) is 83.8 cm³/mol. The molecule has 3 aromatic rings. The quantitative estimate of drug-likeness (QED) is 0.773. The number of nitrogens with zero attached hydrogens (tertiary/aromatic N) is 2. The number of nitrogen functional groups attached to an aromatic ring is 1. The molecule has 3 rings (SSSR count). The first kappa shape index (κ1) is 13.5. The van der Waals surface area contributed by atoms with Gasteiger partial charge in [0.15, 0.2) is 0 Å². The molecule has 4 heteroatoms. The van der Waals surface area contributed by atoms with Crippen LogP contribution in [0.1, 0.15) is 22.9 Å². The van der Waals surface area contributed by atoms with Gasteiger partial charge in [-0.3, -0.25) is 9.97 Å². The number of hydrogen-bond acceptors (Lipinski definition) is 4. The van der Waals surface area contributed by atoms with E-state index in [9.17, 15) is 5.11 Å². The maximum absolute atomic E-state index is 10.4. The van der Waals surface area contributed by atoms with Gasteiger partial charge in [0, 0.05) is 29.9 Å². The molecule has 106 valence electrons. The van der Waals surface area contributed by atoms with Crippen LogP contribution in [-0.2, 0) is 6.42 Å². The minimum Gasteiger partial charge on any atom is -0.398 e. The first-order valence-electron chi connectivity index (χ1n) is 6.88. The summed E-state index contributed by atoms with van der Waals surface area (Å²) in [6.07, 6.45) is 3.04. The van der Waals surface area contributed by atoms with Crippen LogP contribution in [0.25, 0.3) is 10.9 Å². The number of hydrogen-bond donors (Lipinski definition) is 2. The number of aromatic nitrogens is 2. The maximum atomic E-state index is 10.4. The molecular formula is C17H17N3O. The molecule has 1 aromatic carbocycles. The van der Waals surface area contributed by atoms with E-state index in [-0.39, 0.29) is 0 Å². The van der Waals surface area contributed by atoms with Gasteiger partial charge in [-0.25, -0.2) is 0 Å². The van der Waals surface area contributed by atoms with E-state index in [1.807, 2.05) is 37.3 Å². The van der Waals surface area contributed by atoms with Crippen LogP contribution in [-0.4, -0.2) is 15.1 Å². The Kier molecular flexibility index (Phi) is 3.54. The number of rotatable bonds is 3. The second kappa shape index (κ2) is 5.50. The van der Waals surface area contributed by atoms with E-state index >= 15 is 0 Å². The zero-order valence-electron chi connectivity index (χ0n) is 11.8. The van der Waals surface area contributed by atoms with Crippen molar-refractivity contribution in [3.05, 3.63) is 65.6 Å². The largest absolute Gasteiger partial charge is 0.398 e. The van der Waals surface area contributed by atoms with E-state index in [2.05, 4.69) is 9.97 Å². The molecule has 0 saturated carbocycles. The number of aliphatic hydroxyl groups excluding tert-OH is 1. The Morgan fingerprint density at radius 2 is 2.05 bits per heavy atom. The van der Waals surface area contributed by atoms with E-state index in [1.165, 1.54) is 0 Å². The van der Waals surface area contributed by atoms with Crippen molar-refractivity contribution in [1.82, 2.24) is 9.97 Å². The summed E-state index contributed by atoms with van der Waals surface area (Å²) < 4.78 is 0. The molecule has 3 N–H and O–H groups in total. The highest BCUT2D eigenvalue weighted by Gasteiger charge is 2.14. The van der Waals surface area contributed by atoms with E-state index in [1.54, 1.807) is 18.5 Å². The molecule has 0 radical (unpaired) electrons. The summed E-state index contributed by atoms with van der Waals surface area (Å²) in [5, 5.41) is 11.5. The molecule has 0 spiro atoms. The summed E-state index contributed by atoms with van der Waals surface area (Å²) in [7, 11) is 0. The number of aryl methyl sites for hydroxylation is 1. The van der Waals surface area contributed by atoms with Gasteiger partial charge in [-0.1, -0.05) is 18.2 Å². The molecule has 1 atom stereocenters. The fourth-order valence-electron chi connectivity index (χ4n) is 2.47. The van der Waals surface area contributed by atoms with Crippen LogP contribution in [0.15, 0.2) is 48.8 Å². The summed E-state index contributed by atoms with van der Waals surface area (Å²) in [6, 6.07) is 11.6. The number of anilines is 1. The zero-order chi connectivity index (χ0) is 14.8. The SMILES string of the molecule is Cc1cc(C(O)Cc2cnccc2N)nc2ccccc12. The fourth-order valence-corrected chi connectivity index (χ4v) is 2.47. The highest BCUT2D eigenvalue weighted by Crippen LogP contribution is 2.24. The smallest absolute Gasteiger partial charge is 0.100 e. The third-order valence-electron chi connectivity index (χ3n) is 3.64. The average Bonchev–Trinajstić information content (AvgIpc) is 2.49. The number of fused-ring (bicyclic) bond motifs is 1. The lowest BCUT2D eigenvalue weighted by Gasteiger charge is -2.13. The lowest BCUT2D eigenvalue weighted by Crippen LogP contribution is -2.07. The molecule has 0 bridgehead atoms. The van der Waals surface area contributed by atoms with Gasteiger partial charge >= 0.3 is 0 Å². The van der Waals surface area contributed by atoms with Crippen LogP contribution in [0.3, 0.4) is 0 Å². The summed E-state index contributed by atoms with van der Waals surface area (Å²) in [6.45, 7) is 2.03. The highest BCUT2D eigenvalue weighted by molar-refractivity contribution is 5.82. The van der Waals surface area contributed by atoms with Gasteiger partial charge in [0.2, 0.25) is 0 Å². The molecule has 0 aliphatic heterocycles. The van der Waals surface area contributed by atoms with Crippen molar-refractivity contribution >= 4 is 16.6 Å². The van der Waals surface area contributed by atoms with Crippen LogP contribution >= 0.6 is 0 Å². The summed E-state index contributed by atoms with van der Waals surface area (Å²) in [5.41, 5.74) is 10.0. The van der Waals surface area contributed by atoms with Gasteiger partial charge in [0.25, 0.3) is 0 Å². The third-order valence-corrected chi connectivity index (χ3v) is 3.64. The fraction of sp³-hybridized carbons (Fsp3) is 0.176. The molecule has 0 amide bonds. The number of pyridine rings is 2. The van der Waals surface area contributed by atoms with Gasteiger partial charge in [0.05, 0.1) is 11.2 Å². The third kappa shape index (κ3) is 2.71. The van der Waals surface area contributed by atoms with Gasteiger partial charge in [0.1, 0.15) is 6.10 Å². The molecule has 0 fully saturated rings. The van der Waals surface area contributed by atoms with Crippen molar-refractivity contribution in [2.24, 2.45) is 0 Å². The van der Waals surface area contributed by atoms with Gasteiger partial charge in [-0.15, -0.1) is 0 Å². The Bertz CT molecular complexity index is 786. The molecule has 0 saturated heterocycles. The second-order valence-electron chi connectivity index (χ2n) is 5.18. The monoisotopic (exact) mass is 279 g/mol. The summed E-state index contributed by atoms with van der Waals surface area (Å²) >= 11 is 0. The Balaban J connectivity index is 1.95. The van der Waals surface area contributed by atoms with Crippen molar-refractivity contribution in [3.8, 4) is 0 Å². The minimum atomic E-state index is -0.695. The van der Waals surface area contributed by atoms with Gasteiger partial charge in [-0.05, 0) is 36.2 Å². The maximum Gasteiger partial charge on any atom is 0.100 e. The predicted octanol–water partition coefficient (Wildman–Crippen LogP) is 2.80. The topological polar surface area (TPSA) is 72.0 Å². The minimum absolute atomic E-state index is 0.407. The van der Waals surface area contributed by atoms with E-state index in [0.717, 1.165) is 22.0 Å². The van der Waals surface area contributed by atoms with Crippen LogP contribution in [0, 0.1) is 6.92 Å². The number of benzene rings is 1. The number of nitrogens with two attached hydrogens (primary N) is 1. The highest BCUT2D eigenvalue weighted by atomic mass is 16.3. The van der Waals surface area contributed by atoms with Gasteiger partial charge < -0.3 is 10.8 Å². The second-order valence-corrected chi connectivity index (χ2v) is 5.18. The van der Waals surface area contributed by atoms with Crippen LogP contribution in [0.5, 0.6) is 0 Å². The normalized spacial score (nSPS) is 12.5.